The van der Waals surface area contributed by atoms with E-state index in [1.165, 1.54) is 12.1 Å². The Hall–Kier alpha value is -2.72. The van der Waals surface area contributed by atoms with Gasteiger partial charge in [0, 0.05) is 37.8 Å². The Labute approximate surface area is 165 Å². The smallest absolute Gasteiger partial charge is 0.360 e. The van der Waals surface area contributed by atoms with Crippen LogP contribution in [-0.2, 0) is 19.3 Å². The monoisotopic (exact) mass is 407 g/mol. The SMILES string of the molecule is Cc1cc(CN2CCN(Cc3nc(-c4cccc(C(F)(F)F)c4)no3)CC2)on1. The Morgan fingerprint density at radius 2 is 1.69 bits per heavy atom. The topological polar surface area (TPSA) is 71.4 Å². The van der Waals surface area contributed by atoms with Crippen molar-refractivity contribution in [3.63, 3.8) is 0 Å². The van der Waals surface area contributed by atoms with Gasteiger partial charge in [-0.2, -0.15) is 18.2 Å². The van der Waals surface area contributed by atoms with Crippen LogP contribution in [0.4, 0.5) is 13.2 Å². The highest BCUT2D eigenvalue weighted by atomic mass is 19.4. The van der Waals surface area contributed by atoms with Gasteiger partial charge in [-0.15, -0.1) is 0 Å². The Bertz CT molecular complexity index is 961. The molecule has 7 nitrogen and oxygen atoms in total. The fourth-order valence-electron chi connectivity index (χ4n) is 3.28. The number of hydrogen-bond donors (Lipinski definition) is 0. The Morgan fingerprint density at radius 3 is 2.34 bits per heavy atom. The number of benzene rings is 1. The van der Waals surface area contributed by atoms with Crippen molar-refractivity contribution in [2.45, 2.75) is 26.2 Å². The molecular weight excluding hydrogens is 387 g/mol. The molecular formula is C19H20F3N5O2. The molecule has 0 atom stereocenters. The minimum absolute atomic E-state index is 0.158. The molecule has 2 aromatic heterocycles. The van der Waals surface area contributed by atoms with Crippen LogP contribution >= 0.6 is 0 Å². The molecule has 1 fully saturated rings. The molecule has 0 spiro atoms. The standard InChI is InChI=1S/C19H20F3N5O2/c1-13-9-16(28-24-13)11-26-5-7-27(8-6-26)12-17-23-18(25-29-17)14-3-2-4-15(10-14)19(20,21)22/h2-4,9-10H,5-8,11-12H2,1H3. The van der Waals surface area contributed by atoms with Crippen molar-refractivity contribution < 1.29 is 22.2 Å². The van der Waals surface area contributed by atoms with Crippen LogP contribution in [0.2, 0.25) is 0 Å². The third-order valence-corrected chi connectivity index (χ3v) is 4.80. The van der Waals surface area contributed by atoms with Gasteiger partial charge in [0.2, 0.25) is 11.7 Å². The van der Waals surface area contributed by atoms with Gasteiger partial charge in [-0.05, 0) is 19.1 Å². The quantitative estimate of drug-likeness (QED) is 0.642. The van der Waals surface area contributed by atoms with Crippen LogP contribution in [0.25, 0.3) is 11.4 Å². The highest BCUT2D eigenvalue weighted by molar-refractivity contribution is 5.55. The third kappa shape index (κ3) is 4.83. The minimum atomic E-state index is -4.41. The summed E-state index contributed by atoms with van der Waals surface area (Å²) in [6.07, 6.45) is -4.41. The Kier molecular flexibility index (Phi) is 5.37. The van der Waals surface area contributed by atoms with Gasteiger partial charge in [0.15, 0.2) is 5.76 Å². The molecule has 1 aliphatic rings. The molecule has 0 saturated carbocycles. The van der Waals surface area contributed by atoms with E-state index >= 15 is 0 Å². The molecule has 3 aromatic rings. The molecule has 1 aromatic carbocycles. The van der Waals surface area contributed by atoms with Crippen LogP contribution in [0.1, 0.15) is 22.9 Å². The van der Waals surface area contributed by atoms with E-state index in [4.69, 9.17) is 9.05 Å². The van der Waals surface area contributed by atoms with E-state index in [2.05, 4.69) is 25.1 Å². The predicted molar refractivity (Wildman–Crippen MR) is 96.5 cm³/mol. The maximum Gasteiger partial charge on any atom is 0.416 e. The van der Waals surface area contributed by atoms with E-state index in [-0.39, 0.29) is 11.4 Å². The van der Waals surface area contributed by atoms with Gasteiger partial charge < -0.3 is 9.05 Å². The van der Waals surface area contributed by atoms with Crippen LogP contribution in [0.15, 0.2) is 39.4 Å². The van der Waals surface area contributed by atoms with Crippen molar-refractivity contribution in [2.24, 2.45) is 0 Å². The molecule has 0 N–H and O–H groups in total. The van der Waals surface area contributed by atoms with E-state index < -0.39 is 11.7 Å². The molecule has 0 amide bonds. The maximum absolute atomic E-state index is 12.9. The number of alkyl halides is 3. The first-order chi connectivity index (χ1) is 13.9. The van der Waals surface area contributed by atoms with E-state index in [0.717, 1.165) is 56.3 Å². The molecule has 29 heavy (non-hydrogen) atoms. The van der Waals surface area contributed by atoms with Crippen molar-refractivity contribution in [1.82, 2.24) is 25.1 Å². The molecule has 1 aliphatic heterocycles. The van der Waals surface area contributed by atoms with Crippen molar-refractivity contribution in [2.75, 3.05) is 26.2 Å². The second-order valence-corrected chi connectivity index (χ2v) is 7.08. The van der Waals surface area contributed by atoms with Gasteiger partial charge in [0.25, 0.3) is 0 Å². The lowest BCUT2D eigenvalue weighted by atomic mass is 10.1. The lowest BCUT2D eigenvalue weighted by Crippen LogP contribution is -2.45. The molecule has 10 heteroatoms. The predicted octanol–water partition coefficient (Wildman–Crippen LogP) is 3.37. The van der Waals surface area contributed by atoms with E-state index in [1.807, 2.05) is 13.0 Å². The summed E-state index contributed by atoms with van der Waals surface area (Å²) in [6.45, 7) is 6.41. The number of aromatic nitrogens is 3. The molecule has 0 bridgehead atoms. The van der Waals surface area contributed by atoms with Crippen molar-refractivity contribution in [1.29, 1.82) is 0 Å². The van der Waals surface area contributed by atoms with E-state index in [1.54, 1.807) is 0 Å². The second-order valence-electron chi connectivity index (χ2n) is 7.08. The zero-order chi connectivity index (χ0) is 20.4. The van der Waals surface area contributed by atoms with E-state index in [9.17, 15) is 13.2 Å². The number of rotatable bonds is 5. The van der Waals surface area contributed by atoms with Gasteiger partial charge >= 0.3 is 6.18 Å². The summed E-state index contributed by atoms with van der Waals surface area (Å²) in [5, 5.41) is 7.74. The molecule has 0 radical (unpaired) electrons. The van der Waals surface area contributed by atoms with Crippen molar-refractivity contribution in [3.8, 4) is 11.4 Å². The largest absolute Gasteiger partial charge is 0.416 e. The fourth-order valence-corrected chi connectivity index (χ4v) is 3.28. The third-order valence-electron chi connectivity index (χ3n) is 4.80. The van der Waals surface area contributed by atoms with Crippen LogP contribution in [0.5, 0.6) is 0 Å². The number of hydrogen-bond acceptors (Lipinski definition) is 7. The van der Waals surface area contributed by atoms with Gasteiger partial charge in [0.1, 0.15) is 0 Å². The zero-order valence-corrected chi connectivity index (χ0v) is 15.8. The fraction of sp³-hybridized carbons (Fsp3) is 0.421. The molecule has 0 aliphatic carbocycles. The highest BCUT2D eigenvalue weighted by Gasteiger charge is 2.31. The van der Waals surface area contributed by atoms with Crippen LogP contribution < -0.4 is 0 Å². The van der Waals surface area contributed by atoms with Gasteiger partial charge in [-0.3, -0.25) is 9.80 Å². The molecule has 1 saturated heterocycles. The number of nitrogens with zero attached hydrogens (tertiary/aromatic N) is 5. The molecule has 0 unspecified atom stereocenters. The maximum atomic E-state index is 12.9. The summed E-state index contributed by atoms with van der Waals surface area (Å²) < 4.78 is 49.2. The highest BCUT2D eigenvalue weighted by Crippen LogP contribution is 2.31. The summed E-state index contributed by atoms with van der Waals surface area (Å²) in [7, 11) is 0. The zero-order valence-electron chi connectivity index (χ0n) is 15.8. The average Bonchev–Trinajstić information content (AvgIpc) is 3.32. The summed E-state index contributed by atoms with van der Waals surface area (Å²) in [5.74, 6) is 1.39. The summed E-state index contributed by atoms with van der Waals surface area (Å²) in [4.78, 5) is 8.71. The molecule has 4 rings (SSSR count). The first-order valence-electron chi connectivity index (χ1n) is 9.24. The Balaban J connectivity index is 1.33. The summed E-state index contributed by atoms with van der Waals surface area (Å²) >= 11 is 0. The molecule has 3 heterocycles. The second kappa shape index (κ2) is 7.96. The number of halogens is 3. The lowest BCUT2D eigenvalue weighted by Gasteiger charge is -2.33. The van der Waals surface area contributed by atoms with Crippen LogP contribution in [0.3, 0.4) is 0 Å². The number of aryl methyl sites for hydroxylation is 1. The van der Waals surface area contributed by atoms with Gasteiger partial charge in [-0.1, -0.05) is 22.4 Å². The van der Waals surface area contributed by atoms with Crippen molar-refractivity contribution >= 4 is 0 Å². The minimum Gasteiger partial charge on any atom is -0.360 e. The normalized spacial score (nSPS) is 16.4. The molecule has 154 valence electrons. The summed E-state index contributed by atoms with van der Waals surface area (Å²) in [6, 6.07) is 6.85. The Morgan fingerprint density at radius 1 is 0.966 bits per heavy atom. The van der Waals surface area contributed by atoms with E-state index in [0.29, 0.717) is 12.4 Å². The first-order valence-corrected chi connectivity index (χ1v) is 9.24. The van der Waals surface area contributed by atoms with Crippen molar-refractivity contribution in [3.05, 3.63) is 53.2 Å². The van der Waals surface area contributed by atoms with Crippen LogP contribution in [-0.4, -0.2) is 51.3 Å². The van der Waals surface area contributed by atoms with Gasteiger partial charge in [0.05, 0.1) is 24.3 Å². The lowest BCUT2D eigenvalue weighted by molar-refractivity contribution is -0.137. The summed E-state index contributed by atoms with van der Waals surface area (Å²) in [5.41, 5.74) is 0.410. The first kappa shape index (κ1) is 19.6. The number of piperazine rings is 1. The van der Waals surface area contributed by atoms with Gasteiger partial charge in [-0.25, -0.2) is 0 Å². The van der Waals surface area contributed by atoms with Crippen LogP contribution in [0, 0.1) is 6.92 Å². The average molecular weight is 407 g/mol.